The largest absolute Gasteiger partial charge is 0.508 e. The summed E-state index contributed by atoms with van der Waals surface area (Å²) >= 11 is 0. The van der Waals surface area contributed by atoms with Crippen molar-refractivity contribution in [2.45, 2.75) is 20.0 Å². The summed E-state index contributed by atoms with van der Waals surface area (Å²) in [6.07, 6.45) is 0.577. The Balaban J connectivity index is 1.72. The maximum Gasteiger partial charge on any atom is 0.359 e. The molecule has 8 heteroatoms. The molecule has 2 aromatic carbocycles. The highest BCUT2D eigenvalue weighted by Crippen LogP contribution is 2.27. The van der Waals surface area contributed by atoms with Gasteiger partial charge in [0.1, 0.15) is 17.9 Å². The molecule has 0 fully saturated rings. The molecule has 4 aromatic rings. The SMILES string of the molecule is CCc1cc2c(COC(=O)c3nn(C)c(=O)c4ccccc34)cc(=O)oc2cc1O. The molecule has 8 nitrogen and oxygen atoms in total. The van der Waals surface area contributed by atoms with Crippen molar-refractivity contribution in [1.82, 2.24) is 9.78 Å². The Bertz CT molecular complexity index is 1420. The zero-order chi connectivity index (χ0) is 21.4. The van der Waals surface area contributed by atoms with Gasteiger partial charge in [-0.25, -0.2) is 14.3 Å². The van der Waals surface area contributed by atoms with Crippen LogP contribution in [0.4, 0.5) is 0 Å². The first kappa shape index (κ1) is 19.4. The van der Waals surface area contributed by atoms with Crippen LogP contribution in [0.1, 0.15) is 28.5 Å². The number of rotatable bonds is 4. The first-order chi connectivity index (χ1) is 14.4. The first-order valence-electron chi connectivity index (χ1n) is 9.31. The maximum absolute atomic E-state index is 12.8. The molecule has 0 spiro atoms. The van der Waals surface area contributed by atoms with E-state index < -0.39 is 11.6 Å². The second-order valence-electron chi connectivity index (χ2n) is 6.82. The second-order valence-corrected chi connectivity index (χ2v) is 6.82. The molecule has 0 amide bonds. The molecule has 30 heavy (non-hydrogen) atoms. The van der Waals surface area contributed by atoms with Crippen LogP contribution in [0, 0.1) is 0 Å². The van der Waals surface area contributed by atoms with Crippen LogP contribution in [-0.2, 0) is 24.8 Å². The average Bonchev–Trinajstić information content (AvgIpc) is 2.73. The molecular formula is C22H18N2O6. The summed E-state index contributed by atoms with van der Waals surface area (Å²) in [4.78, 5) is 36.9. The van der Waals surface area contributed by atoms with Crippen LogP contribution >= 0.6 is 0 Å². The van der Waals surface area contributed by atoms with Gasteiger partial charge in [0.15, 0.2) is 5.69 Å². The van der Waals surface area contributed by atoms with Crippen molar-refractivity contribution in [1.29, 1.82) is 0 Å². The van der Waals surface area contributed by atoms with E-state index in [0.29, 0.717) is 33.7 Å². The van der Waals surface area contributed by atoms with E-state index in [2.05, 4.69) is 5.10 Å². The van der Waals surface area contributed by atoms with Crippen LogP contribution in [0.2, 0.25) is 0 Å². The second kappa shape index (κ2) is 7.47. The van der Waals surface area contributed by atoms with Crippen LogP contribution in [0.15, 0.2) is 56.5 Å². The Morgan fingerprint density at radius 3 is 2.57 bits per heavy atom. The number of aromatic nitrogens is 2. The highest BCUT2D eigenvalue weighted by atomic mass is 16.5. The minimum Gasteiger partial charge on any atom is -0.508 e. The highest BCUT2D eigenvalue weighted by molar-refractivity contribution is 6.02. The number of ether oxygens (including phenoxy) is 1. The summed E-state index contributed by atoms with van der Waals surface area (Å²) in [5.74, 6) is -0.694. The molecule has 0 radical (unpaired) electrons. The van der Waals surface area contributed by atoms with Crippen molar-refractivity contribution in [2.75, 3.05) is 0 Å². The van der Waals surface area contributed by atoms with Gasteiger partial charge in [0.2, 0.25) is 0 Å². The van der Waals surface area contributed by atoms with E-state index in [0.717, 1.165) is 4.68 Å². The number of carbonyl (C=O) groups is 1. The Kier molecular flexibility index (Phi) is 4.83. The zero-order valence-electron chi connectivity index (χ0n) is 16.3. The van der Waals surface area contributed by atoms with E-state index in [1.54, 1.807) is 30.3 Å². The standard InChI is InChI=1S/C22H18N2O6/c1-3-12-8-16-13(9-19(26)30-18(16)10-17(12)25)11-29-22(28)20-14-6-4-5-7-15(14)21(27)24(2)23-20/h4-10,25H,3,11H2,1-2H3. The molecule has 0 saturated heterocycles. The fraction of sp³-hybridized carbons (Fsp3) is 0.182. The minimum absolute atomic E-state index is 0.00635. The molecule has 2 aromatic heterocycles. The number of phenols is 1. The van der Waals surface area contributed by atoms with Crippen molar-refractivity contribution in [3.63, 3.8) is 0 Å². The molecule has 4 rings (SSSR count). The van der Waals surface area contributed by atoms with Gasteiger partial charge in [0.05, 0.1) is 5.39 Å². The molecule has 0 saturated carbocycles. The smallest absolute Gasteiger partial charge is 0.359 e. The fourth-order valence-corrected chi connectivity index (χ4v) is 3.37. The van der Waals surface area contributed by atoms with Crippen LogP contribution < -0.4 is 11.2 Å². The number of carbonyl (C=O) groups excluding carboxylic acids is 1. The van der Waals surface area contributed by atoms with Gasteiger partial charge >= 0.3 is 11.6 Å². The number of hydrogen-bond acceptors (Lipinski definition) is 7. The predicted octanol–water partition coefficient (Wildman–Crippen LogP) is 2.66. The summed E-state index contributed by atoms with van der Waals surface area (Å²) in [5.41, 5.74) is 0.387. The highest BCUT2D eigenvalue weighted by Gasteiger charge is 2.18. The average molecular weight is 406 g/mol. The van der Waals surface area contributed by atoms with E-state index in [4.69, 9.17) is 9.15 Å². The molecule has 152 valence electrons. The molecule has 0 aliphatic rings. The van der Waals surface area contributed by atoms with Gasteiger partial charge < -0.3 is 14.3 Å². The number of hydrogen-bond donors (Lipinski definition) is 1. The lowest BCUT2D eigenvalue weighted by atomic mass is 10.0. The molecule has 1 N–H and O–H groups in total. The molecule has 0 aliphatic carbocycles. The predicted molar refractivity (Wildman–Crippen MR) is 110 cm³/mol. The number of benzene rings is 2. The number of aryl methyl sites for hydroxylation is 2. The normalized spacial score (nSPS) is 11.1. The van der Waals surface area contributed by atoms with E-state index in [9.17, 15) is 19.5 Å². The molecule has 0 unspecified atom stereocenters. The van der Waals surface area contributed by atoms with Crippen LogP contribution in [-0.4, -0.2) is 20.9 Å². The molecular weight excluding hydrogens is 388 g/mol. The Labute approximate surface area is 169 Å². The Morgan fingerprint density at radius 1 is 1.10 bits per heavy atom. The van der Waals surface area contributed by atoms with Gasteiger partial charge in [-0.1, -0.05) is 25.1 Å². The Morgan fingerprint density at radius 2 is 1.83 bits per heavy atom. The van der Waals surface area contributed by atoms with E-state index in [-0.39, 0.29) is 29.2 Å². The van der Waals surface area contributed by atoms with Gasteiger partial charge in [-0.05, 0) is 24.1 Å². The number of nitrogens with zero attached hydrogens (tertiary/aromatic N) is 2. The minimum atomic E-state index is -0.724. The first-order valence-corrected chi connectivity index (χ1v) is 9.31. The van der Waals surface area contributed by atoms with Gasteiger partial charge in [0.25, 0.3) is 5.56 Å². The lowest BCUT2D eigenvalue weighted by Crippen LogP contribution is -2.23. The van der Waals surface area contributed by atoms with Gasteiger partial charge in [-0.3, -0.25) is 4.79 Å². The summed E-state index contributed by atoms with van der Waals surface area (Å²) in [5, 5.41) is 15.4. The lowest BCUT2D eigenvalue weighted by Gasteiger charge is -2.10. The van der Waals surface area contributed by atoms with Gasteiger partial charge in [-0.2, -0.15) is 5.10 Å². The van der Waals surface area contributed by atoms with Crippen molar-refractivity contribution < 1.29 is 19.1 Å². The third kappa shape index (κ3) is 3.32. The van der Waals surface area contributed by atoms with Crippen LogP contribution in [0.5, 0.6) is 5.75 Å². The third-order valence-electron chi connectivity index (χ3n) is 4.92. The summed E-state index contributed by atoms with van der Waals surface area (Å²) in [6, 6.07) is 11.0. The summed E-state index contributed by atoms with van der Waals surface area (Å²) < 4.78 is 11.7. The van der Waals surface area contributed by atoms with Crippen molar-refractivity contribution in [2.24, 2.45) is 7.05 Å². The molecule has 2 heterocycles. The molecule has 0 aliphatic heterocycles. The number of fused-ring (bicyclic) bond motifs is 2. The number of esters is 1. The van der Waals surface area contributed by atoms with Gasteiger partial charge in [-0.15, -0.1) is 0 Å². The quantitative estimate of drug-likeness (QED) is 0.410. The number of phenolic OH excluding ortho intramolecular Hbond substituents is 1. The fourth-order valence-electron chi connectivity index (χ4n) is 3.37. The van der Waals surface area contributed by atoms with Crippen molar-refractivity contribution in [3.8, 4) is 5.75 Å². The molecule has 0 bridgehead atoms. The topological polar surface area (TPSA) is 112 Å². The Hall–Kier alpha value is -3.94. The van der Waals surface area contributed by atoms with Crippen LogP contribution in [0.3, 0.4) is 0 Å². The van der Waals surface area contributed by atoms with E-state index in [1.165, 1.54) is 19.2 Å². The maximum atomic E-state index is 12.8. The third-order valence-corrected chi connectivity index (χ3v) is 4.92. The zero-order valence-corrected chi connectivity index (χ0v) is 16.3. The van der Waals surface area contributed by atoms with Gasteiger partial charge in [0, 0.05) is 35.5 Å². The monoisotopic (exact) mass is 406 g/mol. The van der Waals surface area contributed by atoms with Crippen molar-refractivity contribution >= 4 is 27.7 Å². The van der Waals surface area contributed by atoms with E-state index >= 15 is 0 Å². The lowest BCUT2D eigenvalue weighted by molar-refractivity contribution is 0.0466. The summed E-state index contributed by atoms with van der Waals surface area (Å²) in [7, 11) is 1.46. The molecule has 0 atom stereocenters. The van der Waals surface area contributed by atoms with Crippen LogP contribution in [0.25, 0.3) is 21.7 Å². The van der Waals surface area contributed by atoms with E-state index in [1.807, 2.05) is 6.92 Å². The van der Waals surface area contributed by atoms with Crippen molar-refractivity contribution in [3.05, 3.63) is 80.1 Å². The number of aromatic hydroxyl groups is 1. The summed E-state index contributed by atoms with van der Waals surface area (Å²) in [6.45, 7) is 1.68.